The maximum atomic E-state index is 12.4. The molecule has 0 aromatic heterocycles. The lowest BCUT2D eigenvalue weighted by molar-refractivity contribution is 0.0704. The van der Waals surface area contributed by atoms with Crippen molar-refractivity contribution in [2.24, 2.45) is 5.92 Å². The van der Waals surface area contributed by atoms with Crippen molar-refractivity contribution in [2.45, 2.75) is 25.3 Å². The largest absolute Gasteiger partial charge is 0.399 e. The summed E-state index contributed by atoms with van der Waals surface area (Å²) >= 11 is 6.08. The van der Waals surface area contributed by atoms with Crippen molar-refractivity contribution in [1.82, 2.24) is 4.90 Å². The Morgan fingerprint density at radius 3 is 2.82 bits per heavy atom. The van der Waals surface area contributed by atoms with E-state index in [9.17, 15) is 4.79 Å². The van der Waals surface area contributed by atoms with E-state index in [1.54, 1.807) is 18.2 Å². The fourth-order valence-corrected chi connectivity index (χ4v) is 3.30. The van der Waals surface area contributed by atoms with Gasteiger partial charge in [0.25, 0.3) is 5.91 Å². The molecular formula is C13H15ClN2O. The minimum Gasteiger partial charge on any atom is -0.399 e. The molecule has 0 spiro atoms. The summed E-state index contributed by atoms with van der Waals surface area (Å²) in [7, 11) is 0. The standard InChI is InChI=1S/C13H15ClN2O/c14-12-6-9(15)2-4-11(12)13(17)16-7-8-1-3-10(16)5-8/h2,4,6,8,10H,1,3,5,7,15H2. The number of nitrogen functional groups attached to an aromatic ring is 1. The molecule has 2 unspecified atom stereocenters. The average Bonchev–Trinajstić information content (AvgIpc) is 2.89. The van der Waals surface area contributed by atoms with E-state index in [4.69, 9.17) is 17.3 Å². The number of halogens is 1. The minimum atomic E-state index is 0.0576. The van der Waals surface area contributed by atoms with Crippen LogP contribution in [0, 0.1) is 5.92 Å². The molecule has 1 amide bonds. The van der Waals surface area contributed by atoms with Gasteiger partial charge in [0.1, 0.15) is 0 Å². The quantitative estimate of drug-likeness (QED) is 0.779. The Balaban J connectivity index is 1.87. The van der Waals surface area contributed by atoms with Crippen LogP contribution in [0.1, 0.15) is 29.6 Å². The topological polar surface area (TPSA) is 46.3 Å². The highest BCUT2D eigenvalue weighted by Gasteiger charge is 2.40. The molecule has 1 aromatic carbocycles. The van der Waals surface area contributed by atoms with Crippen molar-refractivity contribution < 1.29 is 4.79 Å². The van der Waals surface area contributed by atoms with E-state index in [1.807, 2.05) is 4.90 Å². The van der Waals surface area contributed by atoms with Gasteiger partial charge in [0, 0.05) is 18.3 Å². The third-order valence-electron chi connectivity index (χ3n) is 3.89. The first-order valence-corrected chi connectivity index (χ1v) is 6.39. The Morgan fingerprint density at radius 1 is 1.41 bits per heavy atom. The summed E-state index contributed by atoms with van der Waals surface area (Å²) in [5.41, 5.74) is 6.80. The zero-order chi connectivity index (χ0) is 12.0. The predicted octanol–water partition coefficient (Wildman–Crippen LogP) is 2.55. The predicted molar refractivity (Wildman–Crippen MR) is 68.0 cm³/mol. The Hall–Kier alpha value is -1.22. The smallest absolute Gasteiger partial charge is 0.255 e. The van der Waals surface area contributed by atoms with Gasteiger partial charge in [0.15, 0.2) is 0 Å². The van der Waals surface area contributed by atoms with Gasteiger partial charge in [0.2, 0.25) is 0 Å². The summed E-state index contributed by atoms with van der Waals surface area (Å²) in [6, 6.07) is 5.53. The molecule has 0 radical (unpaired) electrons. The van der Waals surface area contributed by atoms with E-state index in [0.29, 0.717) is 28.2 Å². The second kappa shape index (κ2) is 3.91. The van der Waals surface area contributed by atoms with Crippen molar-refractivity contribution in [3.05, 3.63) is 28.8 Å². The van der Waals surface area contributed by atoms with Gasteiger partial charge in [-0.2, -0.15) is 0 Å². The third-order valence-corrected chi connectivity index (χ3v) is 4.21. The fraction of sp³-hybridized carbons (Fsp3) is 0.462. The van der Waals surface area contributed by atoms with Gasteiger partial charge in [-0.05, 0) is 43.4 Å². The number of nitrogens with zero attached hydrogens (tertiary/aromatic N) is 1. The molecule has 1 aromatic rings. The molecule has 1 saturated heterocycles. The van der Waals surface area contributed by atoms with E-state index in [1.165, 1.54) is 12.8 Å². The van der Waals surface area contributed by atoms with Crippen LogP contribution >= 0.6 is 11.6 Å². The zero-order valence-corrected chi connectivity index (χ0v) is 10.3. The van der Waals surface area contributed by atoms with E-state index in [-0.39, 0.29) is 5.91 Å². The van der Waals surface area contributed by atoms with Crippen LogP contribution in [0.2, 0.25) is 5.02 Å². The molecule has 1 saturated carbocycles. The Kier molecular flexibility index (Phi) is 2.51. The molecule has 2 aliphatic rings. The molecule has 1 heterocycles. The van der Waals surface area contributed by atoms with Crippen LogP contribution in [-0.4, -0.2) is 23.4 Å². The SMILES string of the molecule is Nc1ccc(C(=O)N2CC3CCC2C3)c(Cl)c1. The molecule has 4 heteroatoms. The first-order valence-electron chi connectivity index (χ1n) is 6.01. The van der Waals surface area contributed by atoms with Crippen LogP contribution < -0.4 is 5.73 Å². The summed E-state index contributed by atoms with van der Waals surface area (Å²) in [4.78, 5) is 14.3. The molecule has 3 rings (SSSR count). The van der Waals surface area contributed by atoms with Gasteiger partial charge in [-0.3, -0.25) is 4.79 Å². The van der Waals surface area contributed by atoms with Crippen LogP contribution in [0.4, 0.5) is 5.69 Å². The van der Waals surface area contributed by atoms with Crippen molar-refractivity contribution in [1.29, 1.82) is 0 Å². The van der Waals surface area contributed by atoms with E-state index >= 15 is 0 Å². The molecule has 2 fully saturated rings. The third kappa shape index (κ3) is 1.78. The van der Waals surface area contributed by atoms with Crippen LogP contribution in [0.25, 0.3) is 0 Å². The van der Waals surface area contributed by atoms with Crippen LogP contribution in [0.3, 0.4) is 0 Å². The second-order valence-electron chi connectivity index (χ2n) is 5.03. The Labute approximate surface area is 106 Å². The number of likely N-dealkylation sites (tertiary alicyclic amines) is 1. The van der Waals surface area contributed by atoms with E-state index < -0.39 is 0 Å². The first-order chi connectivity index (χ1) is 8.15. The average molecular weight is 251 g/mol. The van der Waals surface area contributed by atoms with Gasteiger partial charge in [0.05, 0.1) is 10.6 Å². The highest BCUT2D eigenvalue weighted by atomic mass is 35.5. The number of amides is 1. The molecule has 1 aliphatic carbocycles. The number of hydrogen-bond acceptors (Lipinski definition) is 2. The lowest BCUT2D eigenvalue weighted by atomic mass is 10.1. The summed E-state index contributed by atoms with van der Waals surface area (Å²) < 4.78 is 0. The van der Waals surface area contributed by atoms with E-state index in [0.717, 1.165) is 13.0 Å². The van der Waals surface area contributed by atoms with Gasteiger partial charge in [-0.25, -0.2) is 0 Å². The summed E-state index contributed by atoms with van der Waals surface area (Å²) in [6.45, 7) is 0.893. The van der Waals surface area contributed by atoms with Gasteiger partial charge in [-0.1, -0.05) is 11.6 Å². The second-order valence-corrected chi connectivity index (χ2v) is 5.44. The molecular weight excluding hydrogens is 236 g/mol. The van der Waals surface area contributed by atoms with Gasteiger partial charge >= 0.3 is 0 Å². The number of piperidine rings is 1. The van der Waals surface area contributed by atoms with Crippen molar-refractivity contribution >= 4 is 23.2 Å². The summed E-state index contributed by atoms with van der Waals surface area (Å²) in [6.07, 6.45) is 3.57. The van der Waals surface area contributed by atoms with Crippen molar-refractivity contribution in [3.8, 4) is 0 Å². The highest BCUT2D eigenvalue weighted by Crippen LogP contribution is 2.38. The van der Waals surface area contributed by atoms with Gasteiger partial charge < -0.3 is 10.6 Å². The number of benzene rings is 1. The molecule has 17 heavy (non-hydrogen) atoms. The molecule has 2 bridgehead atoms. The number of carbonyl (C=O) groups excluding carboxylic acids is 1. The zero-order valence-electron chi connectivity index (χ0n) is 9.53. The first kappa shape index (κ1) is 10.9. The number of hydrogen-bond donors (Lipinski definition) is 1. The fourth-order valence-electron chi connectivity index (χ4n) is 3.03. The Bertz CT molecular complexity index is 474. The van der Waals surface area contributed by atoms with Crippen LogP contribution in [0.15, 0.2) is 18.2 Å². The number of carbonyl (C=O) groups is 1. The lowest BCUT2D eigenvalue weighted by Crippen LogP contribution is -2.37. The van der Waals surface area contributed by atoms with Gasteiger partial charge in [-0.15, -0.1) is 0 Å². The number of rotatable bonds is 1. The molecule has 2 atom stereocenters. The van der Waals surface area contributed by atoms with Crippen molar-refractivity contribution in [2.75, 3.05) is 12.3 Å². The van der Waals surface area contributed by atoms with Crippen molar-refractivity contribution in [3.63, 3.8) is 0 Å². The maximum absolute atomic E-state index is 12.4. The molecule has 90 valence electrons. The maximum Gasteiger partial charge on any atom is 0.255 e. The molecule has 3 nitrogen and oxygen atoms in total. The normalized spacial score (nSPS) is 26.5. The number of anilines is 1. The van der Waals surface area contributed by atoms with Crippen LogP contribution in [-0.2, 0) is 0 Å². The molecule has 2 N–H and O–H groups in total. The number of nitrogens with two attached hydrogens (primary N) is 1. The number of fused-ring (bicyclic) bond motifs is 2. The monoisotopic (exact) mass is 250 g/mol. The minimum absolute atomic E-state index is 0.0576. The summed E-state index contributed by atoms with van der Waals surface area (Å²) in [5.74, 6) is 0.763. The van der Waals surface area contributed by atoms with E-state index in [2.05, 4.69) is 0 Å². The summed E-state index contributed by atoms with van der Waals surface area (Å²) in [5, 5.41) is 0.456. The van der Waals surface area contributed by atoms with Crippen LogP contribution in [0.5, 0.6) is 0 Å². The highest BCUT2D eigenvalue weighted by molar-refractivity contribution is 6.34. The Morgan fingerprint density at radius 2 is 2.24 bits per heavy atom. The lowest BCUT2D eigenvalue weighted by Gasteiger charge is -2.27. The molecule has 1 aliphatic heterocycles.